The minimum absolute atomic E-state index is 0.177. The van der Waals surface area contributed by atoms with Gasteiger partial charge in [-0.3, -0.25) is 4.90 Å². The number of ether oxygens (including phenoxy) is 1. The van der Waals surface area contributed by atoms with Crippen LogP contribution in [0.1, 0.15) is 37.0 Å². The average molecular weight is 370 g/mol. The number of benzene rings is 1. The Morgan fingerprint density at radius 1 is 1.19 bits per heavy atom. The van der Waals surface area contributed by atoms with Gasteiger partial charge < -0.3 is 14.2 Å². The molecule has 0 radical (unpaired) electrons. The molecule has 27 heavy (non-hydrogen) atoms. The second-order valence-electron chi connectivity index (χ2n) is 7.44. The third-order valence-corrected chi connectivity index (χ3v) is 5.51. The third kappa shape index (κ3) is 4.13. The summed E-state index contributed by atoms with van der Waals surface area (Å²) in [6, 6.07) is 10.3. The van der Waals surface area contributed by atoms with Crippen molar-refractivity contribution in [3.05, 3.63) is 47.6 Å². The molecule has 3 heterocycles. The number of aryl methyl sites for hydroxylation is 1. The Bertz CT molecular complexity index is 769. The van der Waals surface area contributed by atoms with Gasteiger partial charge in [0.2, 0.25) is 5.89 Å². The maximum atomic E-state index is 12.3. The van der Waals surface area contributed by atoms with Crippen molar-refractivity contribution in [1.29, 1.82) is 0 Å². The molecule has 1 amide bonds. The lowest BCUT2D eigenvalue weighted by molar-refractivity contribution is -0.00333. The molecule has 2 aromatic rings. The zero-order valence-electron chi connectivity index (χ0n) is 15.8. The summed E-state index contributed by atoms with van der Waals surface area (Å²) in [5.74, 6) is 1.41. The van der Waals surface area contributed by atoms with Crippen LogP contribution in [-0.4, -0.2) is 57.8 Å². The molecule has 4 rings (SSSR count). The number of hydrogen-bond acceptors (Lipinski definition) is 6. The predicted molar refractivity (Wildman–Crippen MR) is 99.1 cm³/mol. The van der Waals surface area contributed by atoms with Crippen LogP contribution in [0.5, 0.6) is 0 Å². The first kappa shape index (κ1) is 18.0. The van der Waals surface area contributed by atoms with Gasteiger partial charge >= 0.3 is 6.09 Å². The number of amides is 1. The quantitative estimate of drug-likeness (QED) is 0.778. The van der Waals surface area contributed by atoms with Gasteiger partial charge in [-0.25, -0.2) is 4.79 Å². The van der Waals surface area contributed by atoms with Crippen molar-refractivity contribution < 1.29 is 14.1 Å². The van der Waals surface area contributed by atoms with Crippen molar-refractivity contribution in [2.45, 2.75) is 44.8 Å². The van der Waals surface area contributed by atoms with E-state index < -0.39 is 0 Å². The highest BCUT2D eigenvalue weighted by Crippen LogP contribution is 2.33. The highest BCUT2D eigenvalue weighted by Gasteiger charge is 2.46. The first-order valence-electron chi connectivity index (χ1n) is 9.71. The van der Waals surface area contributed by atoms with Crippen molar-refractivity contribution in [1.82, 2.24) is 19.9 Å². The average Bonchev–Trinajstić information content (AvgIpc) is 3.27. The summed E-state index contributed by atoms with van der Waals surface area (Å²) in [7, 11) is 0. The molecule has 2 saturated heterocycles. The molecule has 0 bridgehead atoms. The molecule has 1 aromatic heterocycles. The summed E-state index contributed by atoms with van der Waals surface area (Å²) in [4.78, 5) is 20.9. The molecular formula is C20H26N4O3. The highest BCUT2D eigenvalue weighted by atomic mass is 16.6. The van der Waals surface area contributed by atoms with Gasteiger partial charge in [0.05, 0.1) is 13.1 Å². The van der Waals surface area contributed by atoms with Crippen LogP contribution in [0.3, 0.4) is 0 Å². The lowest BCUT2D eigenvalue weighted by Gasteiger charge is -2.36. The Morgan fingerprint density at radius 3 is 2.67 bits per heavy atom. The summed E-state index contributed by atoms with van der Waals surface area (Å²) in [6.45, 7) is 5.79. The van der Waals surface area contributed by atoms with E-state index in [0.29, 0.717) is 25.5 Å². The molecule has 144 valence electrons. The number of piperidine rings is 1. The maximum absolute atomic E-state index is 12.3. The van der Waals surface area contributed by atoms with Crippen molar-refractivity contribution >= 4 is 6.09 Å². The maximum Gasteiger partial charge on any atom is 0.410 e. The van der Waals surface area contributed by atoms with Gasteiger partial charge in [0.15, 0.2) is 5.82 Å². The molecule has 2 aliphatic rings. The molecule has 0 saturated carbocycles. The first-order valence-corrected chi connectivity index (χ1v) is 9.71. The number of carbonyl (C=O) groups is 1. The molecule has 1 aromatic carbocycles. The van der Waals surface area contributed by atoms with E-state index in [1.54, 1.807) is 0 Å². The highest BCUT2D eigenvalue weighted by molar-refractivity contribution is 5.70. The Kier molecular flexibility index (Phi) is 5.11. The first-order chi connectivity index (χ1) is 13.2. The molecule has 0 atom stereocenters. The fourth-order valence-corrected chi connectivity index (χ4v) is 3.84. The Morgan fingerprint density at radius 2 is 1.96 bits per heavy atom. The molecule has 7 heteroatoms. The Balaban J connectivity index is 1.28. The fourth-order valence-electron chi connectivity index (χ4n) is 3.84. The van der Waals surface area contributed by atoms with Gasteiger partial charge in [-0.15, -0.1) is 0 Å². The van der Waals surface area contributed by atoms with Gasteiger partial charge in [0, 0.05) is 38.9 Å². The number of nitrogens with zero attached hydrogens (tertiary/aromatic N) is 4. The smallest absolute Gasteiger partial charge is 0.410 e. The van der Waals surface area contributed by atoms with Crippen molar-refractivity contribution in [2.24, 2.45) is 0 Å². The summed E-state index contributed by atoms with van der Waals surface area (Å²) in [5.41, 5.74) is 0.903. The van der Waals surface area contributed by atoms with Crippen LogP contribution >= 0.6 is 0 Å². The lowest BCUT2D eigenvalue weighted by Crippen LogP contribution is -2.46. The standard InChI is InChI=1S/C20H26N4O3/c1-2-17-21-18(27-22-17)14-23-12-9-20(10-13-23)15-24(19(25)26-20)11-8-16-6-4-3-5-7-16/h3-7H,2,8-15H2,1H3. The van der Waals surface area contributed by atoms with Gasteiger partial charge in [-0.2, -0.15) is 4.98 Å². The van der Waals surface area contributed by atoms with Crippen molar-refractivity contribution in [2.75, 3.05) is 26.2 Å². The van der Waals surface area contributed by atoms with Crippen LogP contribution < -0.4 is 0 Å². The van der Waals surface area contributed by atoms with Gasteiger partial charge in [-0.05, 0) is 12.0 Å². The lowest BCUT2D eigenvalue weighted by atomic mass is 9.91. The zero-order valence-corrected chi connectivity index (χ0v) is 15.8. The van der Waals surface area contributed by atoms with Crippen LogP contribution in [0.2, 0.25) is 0 Å². The van der Waals surface area contributed by atoms with Crippen LogP contribution in [0.15, 0.2) is 34.9 Å². The third-order valence-electron chi connectivity index (χ3n) is 5.51. The molecule has 1 spiro atoms. The van der Waals surface area contributed by atoms with E-state index in [-0.39, 0.29) is 11.7 Å². The molecule has 0 N–H and O–H groups in total. The van der Waals surface area contributed by atoms with Crippen molar-refractivity contribution in [3.63, 3.8) is 0 Å². The minimum Gasteiger partial charge on any atom is -0.441 e. The van der Waals surface area contributed by atoms with E-state index in [9.17, 15) is 4.79 Å². The van der Waals surface area contributed by atoms with Crippen LogP contribution in [0.4, 0.5) is 4.79 Å². The van der Waals surface area contributed by atoms with Crippen LogP contribution in [0, 0.1) is 0 Å². The summed E-state index contributed by atoms with van der Waals surface area (Å²) in [5, 5.41) is 3.95. The van der Waals surface area contributed by atoms with Gasteiger partial charge in [0.25, 0.3) is 0 Å². The zero-order chi connectivity index (χ0) is 18.7. The Hall–Kier alpha value is -2.41. The van der Waals surface area contributed by atoms with Crippen LogP contribution in [-0.2, 0) is 24.1 Å². The Labute approximate surface area is 159 Å². The fraction of sp³-hybridized carbons (Fsp3) is 0.550. The van der Waals surface area contributed by atoms with E-state index in [2.05, 4.69) is 27.2 Å². The predicted octanol–water partition coefficient (Wildman–Crippen LogP) is 2.66. The van der Waals surface area contributed by atoms with E-state index in [0.717, 1.165) is 44.6 Å². The summed E-state index contributed by atoms with van der Waals surface area (Å²) < 4.78 is 11.1. The molecule has 0 aliphatic carbocycles. The minimum atomic E-state index is -0.340. The molecule has 2 fully saturated rings. The molecule has 0 unspecified atom stereocenters. The second kappa shape index (κ2) is 7.68. The number of rotatable bonds is 6. The van der Waals surface area contributed by atoms with E-state index in [1.165, 1.54) is 5.56 Å². The topological polar surface area (TPSA) is 71.7 Å². The molecular weight excluding hydrogens is 344 g/mol. The van der Waals surface area contributed by atoms with Crippen LogP contribution in [0.25, 0.3) is 0 Å². The van der Waals surface area contributed by atoms with Crippen molar-refractivity contribution in [3.8, 4) is 0 Å². The van der Waals surface area contributed by atoms with Gasteiger partial charge in [0.1, 0.15) is 5.60 Å². The van der Waals surface area contributed by atoms with E-state index in [4.69, 9.17) is 9.26 Å². The number of aromatic nitrogens is 2. The normalized spacial score (nSPS) is 19.6. The summed E-state index contributed by atoms with van der Waals surface area (Å²) >= 11 is 0. The summed E-state index contributed by atoms with van der Waals surface area (Å²) in [6.07, 6.45) is 3.14. The monoisotopic (exact) mass is 370 g/mol. The largest absolute Gasteiger partial charge is 0.441 e. The van der Waals surface area contributed by atoms with E-state index >= 15 is 0 Å². The molecule has 7 nitrogen and oxygen atoms in total. The molecule has 2 aliphatic heterocycles. The second-order valence-corrected chi connectivity index (χ2v) is 7.44. The SMILES string of the molecule is CCc1noc(CN2CCC3(CC2)CN(CCc2ccccc2)C(=O)O3)n1. The number of carbonyl (C=O) groups excluding carboxylic acids is 1. The van der Waals surface area contributed by atoms with Gasteiger partial charge in [-0.1, -0.05) is 42.4 Å². The number of hydrogen-bond donors (Lipinski definition) is 0. The number of likely N-dealkylation sites (tertiary alicyclic amines) is 1. The van der Waals surface area contributed by atoms with E-state index in [1.807, 2.05) is 30.0 Å².